The van der Waals surface area contributed by atoms with Crippen LogP contribution in [0.4, 0.5) is 0 Å². The first-order chi connectivity index (χ1) is 14.7. The van der Waals surface area contributed by atoms with E-state index in [1.54, 1.807) is 0 Å². The molecule has 0 unspecified atom stereocenters. The predicted molar refractivity (Wildman–Crippen MR) is 107 cm³/mol. The van der Waals surface area contributed by atoms with Crippen molar-refractivity contribution in [2.75, 3.05) is 13.2 Å². The van der Waals surface area contributed by atoms with E-state index in [0.717, 1.165) is 0 Å². The van der Waals surface area contributed by atoms with E-state index in [1.807, 2.05) is 0 Å². The molecule has 0 bridgehead atoms. The van der Waals surface area contributed by atoms with Crippen molar-refractivity contribution in [2.45, 2.75) is 98.7 Å². The van der Waals surface area contributed by atoms with Crippen molar-refractivity contribution in [3.05, 3.63) is 0 Å². The van der Waals surface area contributed by atoms with Crippen molar-refractivity contribution in [3.8, 4) is 0 Å². The lowest BCUT2D eigenvalue weighted by atomic mass is 9.84. The molecule has 13 nitrogen and oxygen atoms in total. The Bertz CT molecular complexity index is 579. The van der Waals surface area contributed by atoms with E-state index in [2.05, 4.69) is 0 Å². The van der Waals surface area contributed by atoms with Crippen LogP contribution in [-0.2, 0) is 18.9 Å². The zero-order valence-corrected chi connectivity index (χ0v) is 17.3. The molecule has 182 valence electrons. The Kier molecular flexibility index (Phi) is 8.59. The van der Waals surface area contributed by atoms with Crippen LogP contribution in [0.1, 0.15) is 19.3 Å². The molecule has 13 atom stereocenters. The monoisotopic (exact) mass is 451 g/mol. The van der Waals surface area contributed by atoms with Gasteiger partial charge in [0.1, 0.15) is 24.4 Å². The van der Waals surface area contributed by atoms with Crippen LogP contribution in [0.15, 0.2) is 0 Å². The lowest BCUT2D eigenvalue weighted by Crippen LogP contribution is -2.66. The highest BCUT2D eigenvalue weighted by Gasteiger charge is 2.48. The molecular weight excluding hydrogens is 414 g/mol. The van der Waals surface area contributed by atoms with Crippen LogP contribution >= 0.6 is 0 Å². The van der Waals surface area contributed by atoms with Gasteiger partial charge in [0.2, 0.25) is 0 Å². The van der Waals surface area contributed by atoms with Crippen LogP contribution in [0.5, 0.6) is 0 Å². The fourth-order valence-electron chi connectivity index (χ4n) is 4.43. The van der Waals surface area contributed by atoms with Crippen molar-refractivity contribution in [3.63, 3.8) is 0 Å². The first-order valence-electron chi connectivity index (χ1n) is 10.7. The Balaban J connectivity index is 1.66. The Hall–Kier alpha value is -0.520. The highest BCUT2D eigenvalue weighted by molar-refractivity contribution is 5.00. The summed E-state index contributed by atoms with van der Waals surface area (Å²) < 4.78 is 23.1. The normalized spacial score (nSPS) is 51.6. The summed E-state index contributed by atoms with van der Waals surface area (Å²) in [7, 11) is 0. The Morgan fingerprint density at radius 1 is 0.742 bits per heavy atom. The molecular formula is C18H37N5O8. The minimum atomic E-state index is -1.24. The molecule has 3 rings (SSSR count). The molecule has 2 saturated heterocycles. The van der Waals surface area contributed by atoms with Gasteiger partial charge in [0.15, 0.2) is 12.6 Å². The maximum atomic E-state index is 11.0. The molecule has 0 radical (unpaired) electrons. The molecule has 0 aromatic rings. The van der Waals surface area contributed by atoms with Crippen LogP contribution < -0.4 is 28.7 Å². The lowest BCUT2D eigenvalue weighted by Gasteiger charge is -2.47. The summed E-state index contributed by atoms with van der Waals surface area (Å²) in [4.78, 5) is 0. The van der Waals surface area contributed by atoms with Gasteiger partial charge in [0.05, 0.1) is 31.0 Å². The van der Waals surface area contributed by atoms with E-state index >= 15 is 0 Å². The average molecular weight is 452 g/mol. The third kappa shape index (κ3) is 5.52. The molecule has 31 heavy (non-hydrogen) atoms. The van der Waals surface area contributed by atoms with E-state index in [0.29, 0.717) is 0 Å². The van der Waals surface area contributed by atoms with Gasteiger partial charge in [-0.15, -0.1) is 0 Å². The Morgan fingerprint density at radius 2 is 1.39 bits per heavy atom. The van der Waals surface area contributed by atoms with E-state index in [9.17, 15) is 20.4 Å². The summed E-state index contributed by atoms with van der Waals surface area (Å²) in [5.74, 6) is 0. The van der Waals surface area contributed by atoms with Gasteiger partial charge in [-0.2, -0.15) is 0 Å². The number of rotatable bonds is 6. The Labute approximate surface area is 180 Å². The molecule has 2 heterocycles. The van der Waals surface area contributed by atoms with Crippen LogP contribution in [0.3, 0.4) is 0 Å². The van der Waals surface area contributed by atoms with Gasteiger partial charge in [-0.25, -0.2) is 0 Å². The summed E-state index contributed by atoms with van der Waals surface area (Å²) in [5.41, 5.74) is 30.0. The van der Waals surface area contributed by atoms with Gasteiger partial charge in [-0.05, 0) is 12.8 Å². The van der Waals surface area contributed by atoms with Crippen molar-refractivity contribution in [2.24, 2.45) is 28.7 Å². The highest BCUT2D eigenvalue weighted by atomic mass is 16.7. The van der Waals surface area contributed by atoms with E-state index < -0.39 is 86.1 Å². The van der Waals surface area contributed by atoms with Gasteiger partial charge < -0.3 is 68.0 Å². The third-order valence-electron chi connectivity index (χ3n) is 6.29. The third-order valence-corrected chi connectivity index (χ3v) is 6.29. The second kappa shape index (κ2) is 10.6. The topological polar surface area (TPSA) is 248 Å². The fraction of sp³-hybridized carbons (Fsp3) is 1.00. The van der Waals surface area contributed by atoms with Crippen LogP contribution in [-0.4, -0.2) is 113 Å². The van der Waals surface area contributed by atoms with Gasteiger partial charge in [-0.3, -0.25) is 0 Å². The standard InChI is InChI=1S/C18H37N5O8/c19-4-11-10(25)2-9(23)18(29-11)31-17-8(22)1-7(21)16(15(17)27)30-13-3-6(20)14(26)12(5-24)28-13/h6-18,24-27H,1-5,19-23H2/t6-,7-,8+,9-,10+,11-,12-,13-,14+,15-,16+,17-,18-/m1/s1. The summed E-state index contributed by atoms with van der Waals surface area (Å²) in [6.45, 7) is -0.351. The fourth-order valence-corrected chi connectivity index (χ4v) is 4.43. The van der Waals surface area contributed by atoms with Crippen LogP contribution in [0.25, 0.3) is 0 Å². The van der Waals surface area contributed by atoms with Crippen molar-refractivity contribution >= 4 is 0 Å². The average Bonchev–Trinajstić information content (AvgIpc) is 2.72. The zero-order valence-electron chi connectivity index (χ0n) is 17.3. The largest absolute Gasteiger partial charge is 0.394 e. The van der Waals surface area contributed by atoms with Gasteiger partial charge in [0.25, 0.3) is 0 Å². The number of hydrogen-bond donors (Lipinski definition) is 9. The highest BCUT2D eigenvalue weighted by Crippen LogP contribution is 2.30. The second-order valence-corrected chi connectivity index (χ2v) is 8.68. The molecule has 0 spiro atoms. The first-order valence-corrected chi connectivity index (χ1v) is 10.7. The summed E-state index contributed by atoms with van der Waals surface area (Å²) in [6.07, 6.45) is -7.61. The smallest absolute Gasteiger partial charge is 0.173 e. The van der Waals surface area contributed by atoms with Gasteiger partial charge in [0, 0.05) is 31.1 Å². The number of nitrogens with two attached hydrogens (primary N) is 5. The number of ether oxygens (including phenoxy) is 4. The minimum absolute atomic E-state index is 0.0841. The van der Waals surface area contributed by atoms with Crippen molar-refractivity contribution in [1.29, 1.82) is 0 Å². The molecule has 0 amide bonds. The molecule has 3 fully saturated rings. The molecule has 2 aliphatic heterocycles. The minimum Gasteiger partial charge on any atom is -0.394 e. The van der Waals surface area contributed by atoms with Gasteiger partial charge >= 0.3 is 0 Å². The van der Waals surface area contributed by atoms with Crippen molar-refractivity contribution < 1.29 is 39.4 Å². The second-order valence-electron chi connectivity index (χ2n) is 8.68. The van der Waals surface area contributed by atoms with Crippen LogP contribution in [0.2, 0.25) is 0 Å². The molecule has 0 aromatic carbocycles. The summed E-state index contributed by atoms with van der Waals surface area (Å²) >= 11 is 0. The number of hydrogen-bond acceptors (Lipinski definition) is 13. The SMILES string of the molecule is NC[C@H]1O[C@H](O[C@H]2[C@H](O)[C@@H](O[C@@H]3C[C@@H](N)[C@H](O)[C@@H](CO)O3)[C@H](N)C[C@@H]2N)[C@H](N)C[C@@H]1O. The lowest BCUT2D eigenvalue weighted by molar-refractivity contribution is -0.294. The molecule has 14 N–H and O–H groups in total. The van der Waals surface area contributed by atoms with E-state index in [1.165, 1.54) is 0 Å². The van der Waals surface area contributed by atoms with E-state index in [-0.39, 0.29) is 25.8 Å². The maximum absolute atomic E-state index is 11.0. The van der Waals surface area contributed by atoms with Crippen molar-refractivity contribution in [1.82, 2.24) is 0 Å². The van der Waals surface area contributed by atoms with Crippen LogP contribution in [0, 0.1) is 0 Å². The molecule has 0 aromatic heterocycles. The predicted octanol–water partition coefficient (Wildman–Crippen LogP) is -5.27. The quantitative estimate of drug-likeness (QED) is 0.183. The molecule has 3 aliphatic rings. The summed E-state index contributed by atoms with van der Waals surface area (Å²) in [5, 5.41) is 40.3. The Morgan fingerprint density at radius 3 is 2.00 bits per heavy atom. The van der Waals surface area contributed by atoms with Gasteiger partial charge in [-0.1, -0.05) is 0 Å². The molecule has 13 heteroatoms. The number of aliphatic hydroxyl groups is 4. The summed E-state index contributed by atoms with van der Waals surface area (Å²) in [6, 6.07) is -2.55. The maximum Gasteiger partial charge on any atom is 0.173 e. The molecule has 1 aliphatic carbocycles. The zero-order chi connectivity index (χ0) is 22.9. The molecule has 1 saturated carbocycles. The van der Waals surface area contributed by atoms with E-state index in [4.69, 9.17) is 47.6 Å². The first kappa shape index (κ1) is 25.1. The number of aliphatic hydroxyl groups excluding tert-OH is 4.